The molecule has 1 fully saturated rings. The van der Waals surface area contributed by atoms with E-state index in [1.807, 2.05) is 0 Å². The number of rotatable bonds is 5. The molecule has 1 amide bonds. The molecule has 10 nitrogen and oxygen atoms in total. The van der Waals surface area contributed by atoms with Crippen LogP contribution in [-0.2, 0) is 22.6 Å². The van der Waals surface area contributed by atoms with Gasteiger partial charge in [0.25, 0.3) is 5.91 Å². The van der Waals surface area contributed by atoms with E-state index < -0.39 is 69.6 Å². The molecular weight excluding hydrogens is 521 g/mol. The van der Waals surface area contributed by atoms with Crippen molar-refractivity contribution in [2.75, 3.05) is 14.1 Å². The highest BCUT2D eigenvalue weighted by Gasteiger charge is 2.63. The number of aliphatic hydroxyl groups is 3. The number of aliphatic hydroxyl groups excluding tert-OH is 2. The lowest BCUT2D eigenvalue weighted by Crippen LogP contribution is -2.63. The summed E-state index contributed by atoms with van der Waals surface area (Å²) in [7, 11) is 3.11. The van der Waals surface area contributed by atoms with Crippen molar-refractivity contribution >= 4 is 17.5 Å². The summed E-state index contributed by atoms with van der Waals surface area (Å²) in [5.41, 5.74) is 1.17. The van der Waals surface area contributed by atoms with Crippen LogP contribution in [0.2, 0.25) is 0 Å². The number of primary amides is 1. The first kappa shape index (κ1) is 28.3. The molecule has 11 heteroatoms. The second-order valence-corrected chi connectivity index (χ2v) is 12.2. The van der Waals surface area contributed by atoms with Crippen molar-refractivity contribution in [3.8, 4) is 5.75 Å². The number of nitrogens with one attached hydrogen (secondary N) is 1. The number of carbonyl (C=O) groups is 3. The fourth-order valence-electron chi connectivity index (χ4n) is 7.30. The fraction of sp³-hybridized carbons (Fsp3) is 0.552. The topological polar surface area (TPSA) is 173 Å². The number of benzene rings is 1. The Kier molecular flexibility index (Phi) is 6.83. The molecule has 0 aliphatic heterocycles. The van der Waals surface area contributed by atoms with Gasteiger partial charge in [0.2, 0.25) is 5.78 Å². The van der Waals surface area contributed by atoms with Crippen LogP contribution < -0.4 is 11.1 Å². The number of phenols is 1. The molecule has 40 heavy (non-hydrogen) atoms. The predicted molar refractivity (Wildman–Crippen MR) is 142 cm³/mol. The largest absolute Gasteiger partial charge is 0.510 e. The molecule has 0 heterocycles. The average molecular weight is 558 g/mol. The van der Waals surface area contributed by atoms with Crippen molar-refractivity contribution in [1.29, 1.82) is 0 Å². The minimum atomic E-state index is -2.72. The number of aromatic hydroxyl groups is 1. The number of fused-ring (bicyclic) bond motifs is 3. The van der Waals surface area contributed by atoms with Crippen molar-refractivity contribution in [3.05, 3.63) is 51.2 Å². The number of ketones is 2. The molecule has 1 saturated carbocycles. The monoisotopic (exact) mass is 557 g/mol. The van der Waals surface area contributed by atoms with Gasteiger partial charge in [-0.15, -0.1) is 0 Å². The van der Waals surface area contributed by atoms with Crippen molar-refractivity contribution in [1.82, 2.24) is 10.2 Å². The Morgan fingerprint density at radius 2 is 1.82 bits per heavy atom. The van der Waals surface area contributed by atoms with Gasteiger partial charge >= 0.3 is 0 Å². The quantitative estimate of drug-likeness (QED) is 0.296. The highest BCUT2D eigenvalue weighted by Crippen LogP contribution is 2.52. The molecule has 0 spiro atoms. The molecule has 4 aliphatic rings. The van der Waals surface area contributed by atoms with Crippen LogP contribution in [-0.4, -0.2) is 74.1 Å². The molecular formula is C29H36FN3O7. The third-order valence-corrected chi connectivity index (χ3v) is 9.39. The predicted octanol–water partition coefficient (Wildman–Crippen LogP) is 2.07. The van der Waals surface area contributed by atoms with Crippen LogP contribution in [0.3, 0.4) is 0 Å². The van der Waals surface area contributed by atoms with Crippen LogP contribution in [0.25, 0.3) is 0 Å². The van der Waals surface area contributed by atoms with E-state index in [2.05, 4.69) is 12.2 Å². The van der Waals surface area contributed by atoms with Crippen LogP contribution in [0.15, 0.2) is 28.7 Å². The zero-order valence-electron chi connectivity index (χ0n) is 22.9. The molecule has 7 N–H and O–H groups in total. The van der Waals surface area contributed by atoms with Gasteiger partial charge in [-0.25, -0.2) is 4.39 Å². The number of phenolic OH excluding ortho intramolecular Hbond substituents is 1. The van der Waals surface area contributed by atoms with Crippen molar-refractivity contribution in [2.24, 2.45) is 17.6 Å². The molecule has 0 aromatic heterocycles. The number of hydrogen-bond donors (Lipinski definition) is 6. The minimum Gasteiger partial charge on any atom is -0.510 e. The Morgan fingerprint density at radius 1 is 1.18 bits per heavy atom. The van der Waals surface area contributed by atoms with Crippen LogP contribution in [0.1, 0.15) is 66.9 Å². The van der Waals surface area contributed by atoms with Gasteiger partial charge in [0.15, 0.2) is 11.4 Å². The molecule has 1 aromatic rings. The van der Waals surface area contributed by atoms with E-state index in [1.165, 1.54) is 11.0 Å². The smallest absolute Gasteiger partial charge is 0.255 e. The van der Waals surface area contributed by atoms with Crippen molar-refractivity contribution in [3.63, 3.8) is 0 Å². The second-order valence-electron chi connectivity index (χ2n) is 12.2. The number of amides is 1. The van der Waals surface area contributed by atoms with E-state index in [-0.39, 0.29) is 47.2 Å². The molecule has 216 valence electrons. The highest BCUT2D eigenvalue weighted by molar-refractivity contribution is 6.24. The number of allylic oxidation sites excluding steroid dienone is 1. The maximum Gasteiger partial charge on any atom is 0.255 e. The minimum absolute atomic E-state index is 0.00344. The molecule has 0 radical (unpaired) electrons. The lowest BCUT2D eigenvalue weighted by molar-refractivity contribution is -0.148. The van der Waals surface area contributed by atoms with Crippen LogP contribution in [0, 0.1) is 17.7 Å². The number of nitrogens with two attached hydrogens (primary N) is 1. The average Bonchev–Trinajstić information content (AvgIpc) is 2.87. The van der Waals surface area contributed by atoms with Gasteiger partial charge in [0.05, 0.1) is 11.6 Å². The van der Waals surface area contributed by atoms with Crippen LogP contribution >= 0.6 is 0 Å². The molecule has 4 aliphatic carbocycles. The fourth-order valence-corrected chi connectivity index (χ4v) is 7.30. The van der Waals surface area contributed by atoms with E-state index in [0.29, 0.717) is 0 Å². The third kappa shape index (κ3) is 4.05. The van der Waals surface area contributed by atoms with Crippen LogP contribution in [0.4, 0.5) is 4.39 Å². The first-order chi connectivity index (χ1) is 18.7. The van der Waals surface area contributed by atoms with E-state index in [4.69, 9.17) is 5.73 Å². The Balaban J connectivity index is 1.58. The molecule has 0 bridgehead atoms. The van der Waals surface area contributed by atoms with E-state index in [1.54, 1.807) is 14.1 Å². The van der Waals surface area contributed by atoms with Gasteiger partial charge in [-0.05, 0) is 58.7 Å². The first-order valence-corrected chi connectivity index (χ1v) is 13.7. The molecule has 1 aromatic carbocycles. The Labute approximate surface area is 231 Å². The molecule has 0 unspecified atom stereocenters. The summed E-state index contributed by atoms with van der Waals surface area (Å²) < 4.78 is 15.9. The number of nitrogens with zero attached hydrogens (tertiary/aromatic N) is 1. The maximum absolute atomic E-state index is 15.9. The van der Waals surface area contributed by atoms with Gasteiger partial charge in [0, 0.05) is 34.7 Å². The summed E-state index contributed by atoms with van der Waals surface area (Å²) >= 11 is 0. The van der Waals surface area contributed by atoms with Gasteiger partial charge < -0.3 is 31.5 Å². The first-order valence-electron chi connectivity index (χ1n) is 13.7. The summed E-state index contributed by atoms with van der Waals surface area (Å²) in [6.45, 7) is 2.25. The van der Waals surface area contributed by atoms with Gasteiger partial charge in [-0.2, -0.15) is 0 Å². The Hall–Kier alpha value is -3.28. The normalized spacial score (nSPS) is 29.8. The van der Waals surface area contributed by atoms with Crippen LogP contribution in [0.5, 0.6) is 5.75 Å². The van der Waals surface area contributed by atoms with Gasteiger partial charge in [-0.1, -0.05) is 19.3 Å². The van der Waals surface area contributed by atoms with Crippen molar-refractivity contribution in [2.45, 2.75) is 75.6 Å². The highest BCUT2D eigenvalue weighted by atomic mass is 19.1. The number of halogens is 1. The lowest BCUT2D eigenvalue weighted by atomic mass is 9.58. The van der Waals surface area contributed by atoms with Gasteiger partial charge in [0.1, 0.15) is 28.7 Å². The van der Waals surface area contributed by atoms with E-state index in [0.717, 1.165) is 32.1 Å². The lowest BCUT2D eigenvalue weighted by Gasteiger charge is -2.50. The number of likely N-dealkylation sites (N-methyl/N-ethyl adjacent to an activating group) is 1. The third-order valence-electron chi connectivity index (χ3n) is 9.39. The summed E-state index contributed by atoms with van der Waals surface area (Å²) in [6, 6.07) is 0.0963. The summed E-state index contributed by atoms with van der Waals surface area (Å²) in [5, 5.41) is 48.1. The molecule has 0 saturated heterocycles. The second kappa shape index (κ2) is 9.67. The molecule has 4 atom stereocenters. The SMILES string of the molecule is CN(C)[C@@H]1C(O)=C(C(N)=O)C(=O)[C@@]2(O)C(O)=C3C(=O)c4c(O)cc(CNC5(C)CCCCC5)c(F)c4C[C@H]3C[C@@H]12. The number of carbonyl (C=O) groups excluding carboxylic acids is 3. The maximum atomic E-state index is 15.9. The number of Topliss-reactive ketones (excluding diaryl/α,β-unsaturated/α-hetero) is 2. The Morgan fingerprint density at radius 3 is 2.42 bits per heavy atom. The Bertz CT molecular complexity index is 1380. The summed E-state index contributed by atoms with van der Waals surface area (Å²) in [4.78, 5) is 40.5. The standard InChI is InChI=1S/C29H36FN3O7/c1-28(7-5-4-6-8-28)32-12-14-11-17(34)19-15(21(14)30)9-13-10-16-22(33(2)3)24(36)20(27(31)39)26(38)29(16,40)25(37)18(13)23(19)35/h11,13,16,22,32,34,36-37,40H,4-10,12H2,1-3H3,(H2,31,39)/t13-,16-,22-,29-/m0/s1. The van der Waals surface area contributed by atoms with E-state index in [9.17, 15) is 34.8 Å². The van der Waals surface area contributed by atoms with Gasteiger partial charge in [-0.3, -0.25) is 19.3 Å². The summed E-state index contributed by atoms with van der Waals surface area (Å²) in [6.07, 6.45) is 5.04. The molecule has 5 rings (SSSR count). The zero-order chi connectivity index (χ0) is 29.3. The zero-order valence-corrected chi connectivity index (χ0v) is 22.9. The number of hydrogen-bond acceptors (Lipinski definition) is 9. The van der Waals surface area contributed by atoms with Crippen molar-refractivity contribution < 1.29 is 39.2 Å². The van der Waals surface area contributed by atoms with E-state index >= 15 is 4.39 Å². The summed E-state index contributed by atoms with van der Waals surface area (Å²) in [5.74, 6) is -8.19.